The smallest absolute Gasteiger partial charge is 0.221 e. The Labute approximate surface area is 122 Å². The Balaban J connectivity index is 1.70. The lowest BCUT2D eigenvalue weighted by Crippen LogP contribution is -2.16. The highest BCUT2D eigenvalue weighted by Crippen LogP contribution is 2.21. The fourth-order valence-corrected chi connectivity index (χ4v) is 2.81. The van der Waals surface area contributed by atoms with Crippen molar-refractivity contribution < 1.29 is 4.79 Å². The molecule has 2 rings (SSSR count). The van der Waals surface area contributed by atoms with Crippen molar-refractivity contribution in [3.05, 3.63) is 33.8 Å². The first-order chi connectivity index (χ1) is 9.66. The van der Waals surface area contributed by atoms with Gasteiger partial charge in [-0.05, 0) is 43.3 Å². The van der Waals surface area contributed by atoms with Crippen LogP contribution in [0.25, 0.3) is 0 Å². The van der Waals surface area contributed by atoms with Crippen molar-refractivity contribution in [3.63, 3.8) is 0 Å². The number of thiophene rings is 1. The number of hydrogen-bond donors (Lipinski definition) is 3. The Morgan fingerprint density at radius 1 is 1.50 bits per heavy atom. The molecule has 108 valence electrons. The lowest BCUT2D eigenvalue weighted by Gasteiger charge is -2.06. The predicted molar refractivity (Wildman–Crippen MR) is 82.0 cm³/mol. The Bertz CT molecular complexity index is 561. The fourth-order valence-electron chi connectivity index (χ4n) is 2.01. The quantitative estimate of drug-likeness (QED) is 0.687. The first-order valence-corrected chi connectivity index (χ1v) is 7.58. The fraction of sp³-hybridized carbons (Fsp3) is 0.429. The summed E-state index contributed by atoms with van der Waals surface area (Å²) in [5, 5.41) is 15.2. The van der Waals surface area contributed by atoms with Gasteiger partial charge in [0.2, 0.25) is 5.91 Å². The van der Waals surface area contributed by atoms with Crippen LogP contribution in [0.15, 0.2) is 17.6 Å². The molecule has 3 N–H and O–H groups in total. The van der Waals surface area contributed by atoms with E-state index in [2.05, 4.69) is 20.8 Å². The highest BCUT2D eigenvalue weighted by atomic mass is 32.1. The summed E-state index contributed by atoms with van der Waals surface area (Å²) in [6.07, 6.45) is 3.99. The van der Waals surface area contributed by atoms with Gasteiger partial charge in [-0.2, -0.15) is 5.10 Å². The van der Waals surface area contributed by atoms with Crippen molar-refractivity contribution in [1.82, 2.24) is 15.5 Å². The van der Waals surface area contributed by atoms with Gasteiger partial charge in [-0.3, -0.25) is 9.89 Å². The number of aromatic amines is 1. The van der Waals surface area contributed by atoms with Crippen LogP contribution in [-0.2, 0) is 17.8 Å². The molecule has 0 spiro atoms. The number of carbonyl (C=O) groups excluding carboxylic acids is 1. The summed E-state index contributed by atoms with van der Waals surface area (Å²) >= 11 is 1.66. The highest BCUT2D eigenvalue weighted by Gasteiger charge is 2.05. The number of amides is 1. The van der Waals surface area contributed by atoms with Crippen molar-refractivity contribution >= 4 is 22.9 Å². The van der Waals surface area contributed by atoms with Gasteiger partial charge in [-0.1, -0.05) is 0 Å². The summed E-state index contributed by atoms with van der Waals surface area (Å²) in [6.45, 7) is 5.31. The van der Waals surface area contributed by atoms with Crippen molar-refractivity contribution in [2.24, 2.45) is 0 Å². The van der Waals surface area contributed by atoms with Gasteiger partial charge < -0.3 is 10.6 Å². The average Bonchev–Trinajstić information content (AvgIpc) is 2.99. The molecule has 2 heterocycles. The average molecular weight is 292 g/mol. The van der Waals surface area contributed by atoms with E-state index in [1.165, 1.54) is 17.4 Å². The van der Waals surface area contributed by atoms with Gasteiger partial charge in [0.15, 0.2) is 0 Å². The first kappa shape index (κ1) is 14.7. The molecule has 0 aliphatic carbocycles. The lowest BCUT2D eigenvalue weighted by atomic mass is 10.1. The maximum Gasteiger partial charge on any atom is 0.221 e. The van der Waals surface area contributed by atoms with Crippen LogP contribution in [-0.4, -0.2) is 22.6 Å². The summed E-state index contributed by atoms with van der Waals surface area (Å²) in [4.78, 5) is 12.2. The molecule has 0 unspecified atom stereocenters. The van der Waals surface area contributed by atoms with Crippen LogP contribution in [0, 0.1) is 6.92 Å². The Morgan fingerprint density at radius 3 is 3.05 bits per heavy atom. The van der Waals surface area contributed by atoms with E-state index in [0.717, 1.165) is 37.3 Å². The largest absolute Gasteiger partial charge is 0.325 e. The van der Waals surface area contributed by atoms with Crippen molar-refractivity contribution in [1.29, 1.82) is 0 Å². The number of aromatic nitrogens is 2. The van der Waals surface area contributed by atoms with Gasteiger partial charge >= 0.3 is 0 Å². The van der Waals surface area contributed by atoms with E-state index in [-0.39, 0.29) is 5.91 Å². The monoisotopic (exact) mass is 292 g/mol. The number of aryl methyl sites for hydroxylation is 2. The molecule has 0 aromatic carbocycles. The third-order valence-electron chi connectivity index (χ3n) is 3.08. The second-order valence-electron chi connectivity index (χ2n) is 4.74. The molecule has 0 atom stereocenters. The summed E-state index contributed by atoms with van der Waals surface area (Å²) in [5.74, 6) is -0.0277. The van der Waals surface area contributed by atoms with Crippen molar-refractivity contribution in [2.75, 3.05) is 11.9 Å². The Hall–Kier alpha value is -1.66. The molecule has 1 amide bonds. The number of hydrogen-bond acceptors (Lipinski definition) is 4. The van der Waals surface area contributed by atoms with E-state index < -0.39 is 0 Å². The second kappa shape index (κ2) is 7.21. The van der Waals surface area contributed by atoms with E-state index in [1.807, 2.05) is 24.6 Å². The van der Waals surface area contributed by atoms with Crippen LogP contribution in [0.4, 0.5) is 5.69 Å². The summed E-state index contributed by atoms with van der Waals surface area (Å²) in [5.41, 5.74) is 3.35. The molecule has 2 aromatic rings. The van der Waals surface area contributed by atoms with Crippen molar-refractivity contribution in [3.8, 4) is 0 Å². The van der Waals surface area contributed by atoms with E-state index in [0.29, 0.717) is 0 Å². The highest BCUT2D eigenvalue weighted by molar-refractivity contribution is 7.10. The van der Waals surface area contributed by atoms with E-state index >= 15 is 0 Å². The van der Waals surface area contributed by atoms with Crippen LogP contribution < -0.4 is 10.6 Å². The van der Waals surface area contributed by atoms with Crippen LogP contribution in [0.2, 0.25) is 0 Å². The van der Waals surface area contributed by atoms with Gasteiger partial charge in [0.1, 0.15) is 0 Å². The van der Waals surface area contributed by atoms with Gasteiger partial charge in [-0.25, -0.2) is 0 Å². The van der Waals surface area contributed by atoms with Crippen LogP contribution in [0.5, 0.6) is 0 Å². The number of nitrogens with one attached hydrogen (secondary N) is 3. The van der Waals surface area contributed by atoms with Gasteiger partial charge in [-0.15, -0.1) is 11.3 Å². The molecule has 0 radical (unpaired) electrons. The van der Waals surface area contributed by atoms with Gasteiger partial charge in [0, 0.05) is 24.0 Å². The van der Waals surface area contributed by atoms with E-state index in [1.54, 1.807) is 11.3 Å². The van der Waals surface area contributed by atoms with Gasteiger partial charge in [0.05, 0.1) is 11.9 Å². The Morgan fingerprint density at radius 2 is 2.35 bits per heavy atom. The lowest BCUT2D eigenvalue weighted by molar-refractivity contribution is -0.114. The molecular weight excluding hydrogens is 272 g/mol. The topological polar surface area (TPSA) is 69.8 Å². The number of nitrogens with zero attached hydrogens (tertiary/aromatic N) is 1. The number of carbonyl (C=O) groups is 1. The molecule has 20 heavy (non-hydrogen) atoms. The number of anilines is 1. The second-order valence-corrected chi connectivity index (χ2v) is 5.74. The third kappa shape index (κ3) is 4.18. The minimum Gasteiger partial charge on any atom is -0.325 e. The van der Waals surface area contributed by atoms with Crippen LogP contribution in [0.3, 0.4) is 0 Å². The standard InChI is InChI=1S/C14H20N4OS/c1-10-12(8-16-18-10)4-3-6-15-9-14-13(5-7-20-14)17-11(2)19/h5,7-8,15H,3-4,6,9H2,1-2H3,(H,16,18)(H,17,19). The maximum atomic E-state index is 11.1. The minimum absolute atomic E-state index is 0.0277. The molecule has 0 bridgehead atoms. The maximum absolute atomic E-state index is 11.1. The first-order valence-electron chi connectivity index (χ1n) is 6.70. The van der Waals surface area contributed by atoms with Crippen LogP contribution >= 0.6 is 11.3 Å². The number of H-pyrrole nitrogens is 1. The zero-order valence-electron chi connectivity index (χ0n) is 11.8. The molecule has 6 heteroatoms. The molecule has 0 saturated carbocycles. The van der Waals surface area contributed by atoms with Crippen LogP contribution in [0.1, 0.15) is 29.5 Å². The molecule has 0 fully saturated rings. The zero-order valence-corrected chi connectivity index (χ0v) is 12.6. The number of rotatable bonds is 7. The molecule has 0 aliphatic heterocycles. The summed E-state index contributed by atoms with van der Waals surface area (Å²) in [6, 6.07) is 1.94. The molecular formula is C14H20N4OS. The van der Waals surface area contributed by atoms with Gasteiger partial charge in [0.25, 0.3) is 0 Å². The minimum atomic E-state index is -0.0277. The van der Waals surface area contributed by atoms with Crippen molar-refractivity contribution in [2.45, 2.75) is 33.2 Å². The predicted octanol–water partition coefficient (Wildman–Crippen LogP) is 2.46. The molecule has 0 saturated heterocycles. The SMILES string of the molecule is CC(=O)Nc1ccsc1CNCCCc1cn[nH]c1C. The normalized spacial score (nSPS) is 10.7. The summed E-state index contributed by atoms with van der Waals surface area (Å²) in [7, 11) is 0. The van der Waals surface area contributed by atoms with E-state index in [9.17, 15) is 4.79 Å². The zero-order chi connectivity index (χ0) is 14.4. The molecule has 2 aromatic heterocycles. The summed E-state index contributed by atoms with van der Waals surface area (Å²) < 4.78 is 0. The third-order valence-corrected chi connectivity index (χ3v) is 4.00. The molecule has 5 nitrogen and oxygen atoms in total. The Kier molecular flexibility index (Phi) is 5.31. The van der Waals surface area contributed by atoms with E-state index in [4.69, 9.17) is 0 Å². The molecule has 0 aliphatic rings.